The number of nitrogens with one attached hydrogen (secondary N) is 1. The van der Waals surface area contributed by atoms with Crippen LogP contribution < -0.4 is 10.1 Å². The van der Waals surface area contributed by atoms with Crippen molar-refractivity contribution < 1.29 is 14.6 Å². The number of aliphatic hydroxyl groups excluding tert-OH is 1. The van der Waals surface area contributed by atoms with Crippen LogP contribution in [0.2, 0.25) is 0 Å². The van der Waals surface area contributed by atoms with Crippen LogP contribution in [0.25, 0.3) is 11.4 Å². The SMILES string of the molecule is Cc1ccc(-c2nc3c(c(SCC(=O)Nc4cccc(C)c4)n2)Cc2c(CO)cnc(C)c2O3)cc1. The molecule has 0 saturated heterocycles. The summed E-state index contributed by atoms with van der Waals surface area (Å²) in [5, 5.41) is 13.5. The number of carbonyl (C=O) groups excluding carboxylic acids is 1. The van der Waals surface area contributed by atoms with Gasteiger partial charge in [0, 0.05) is 35.0 Å². The van der Waals surface area contributed by atoms with Crippen LogP contribution in [-0.2, 0) is 17.8 Å². The van der Waals surface area contributed by atoms with E-state index in [2.05, 4.69) is 10.3 Å². The molecule has 2 aromatic carbocycles. The monoisotopic (exact) mass is 498 g/mol. The number of fused-ring (bicyclic) bond motifs is 2. The van der Waals surface area contributed by atoms with Gasteiger partial charge in [0.25, 0.3) is 0 Å². The number of anilines is 1. The highest BCUT2D eigenvalue weighted by molar-refractivity contribution is 8.00. The molecule has 2 aromatic heterocycles. The summed E-state index contributed by atoms with van der Waals surface area (Å²) in [5.74, 6) is 1.66. The highest BCUT2D eigenvalue weighted by Gasteiger charge is 2.28. The number of carbonyl (C=O) groups is 1. The highest BCUT2D eigenvalue weighted by Crippen LogP contribution is 2.42. The Hall–Kier alpha value is -3.75. The van der Waals surface area contributed by atoms with Crippen molar-refractivity contribution in [3.63, 3.8) is 0 Å². The van der Waals surface area contributed by atoms with Crippen LogP contribution in [-0.4, -0.2) is 31.7 Å². The quantitative estimate of drug-likeness (QED) is 0.239. The number of aromatic nitrogens is 3. The molecule has 0 aliphatic carbocycles. The van der Waals surface area contributed by atoms with Gasteiger partial charge in [-0.15, -0.1) is 0 Å². The fraction of sp³-hybridized carbons (Fsp3) is 0.214. The first kappa shape index (κ1) is 24.0. The van der Waals surface area contributed by atoms with E-state index in [-0.39, 0.29) is 18.3 Å². The lowest BCUT2D eigenvalue weighted by molar-refractivity contribution is -0.113. The summed E-state index contributed by atoms with van der Waals surface area (Å²) in [7, 11) is 0. The third-order valence-electron chi connectivity index (χ3n) is 6.01. The van der Waals surface area contributed by atoms with Gasteiger partial charge in [-0.2, -0.15) is 4.98 Å². The van der Waals surface area contributed by atoms with E-state index in [4.69, 9.17) is 14.7 Å². The molecule has 0 atom stereocenters. The fourth-order valence-electron chi connectivity index (χ4n) is 4.10. The summed E-state index contributed by atoms with van der Waals surface area (Å²) in [5.41, 5.74) is 6.95. The Balaban J connectivity index is 1.49. The van der Waals surface area contributed by atoms with Gasteiger partial charge >= 0.3 is 0 Å². The van der Waals surface area contributed by atoms with Gasteiger partial charge in [-0.05, 0) is 38.5 Å². The average Bonchev–Trinajstić information content (AvgIpc) is 2.87. The smallest absolute Gasteiger partial charge is 0.234 e. The van der Waals surface area contributed by atoms with Crippen molar-refractivity contribution in [2.24, 2.45) is 0 Å². The number of thioether (sulfide) groups is 1. The topological polar surface area (TPSA) is 97.2 Å². The normalized spacial score (nSPS) is 11.9. The third-order valence-corrected chi connectivity index (χ3v) is 7.03. The molecule has 1 amide bonds. The second-order valence-corrected chi connectivity index (χ2v) is 9.79. The van der Waals surface area contributed by atoms with Crippen molar-refractivity contribution in [1.82, 2.24) is 15.0 Å². The number of benzene rings is 2. The minimum Gasteiger partial charge on any atom is -0.436 e. The standard InChI is InChI=1S/C28H26N4O3S/c1-16-7-9-19(10-8-16)26-31-27-23(12-22-20(14-33)13-29-18(3)25(22)35-27)28(32-26)36-15-24(34)30-21-6-4-5-17(2)11-21/h4-11,13,33H,12,14-15H2,1-3H3,(H,30,34). The molecule has 7 nitrogen and oxygen atoms in total. The second kappa shape index (κ2) is 10.1. The average molecular weight is 499 g/mol. The second-order valence-electron chi connectivity index (χ2n) is 8.82. The van der Waals surface area contributed by atoms with E-state index in [1.165, 1.54) is 11.8 Å². The maximum Gasteiger partial charge on any atom is 0.234 e. The molecule has 5 rings (SSSR count). The molecule has 182 valence electrons. The van der Waals surface area contributed by atoms with Crippen LogP contribution in [0, 0.1) is 20.8 Å². The number of nitrogens with zero attached hydrogens (tertiary/aromatic N) is 3. The molecule has 1 aliphatic rings. The first-order chi connectivity index (χ1) is 17.4. The van der Waals surface area contributed by atoms with Gasteiger partial charge in [-0.1, -0.05) is 53.7 Å². The minimum absolute atomic E-state index is 0.122. The molecule has 1 aliphatic heterocycles. The Labute approximate surface area is 214 Å². The largest absolute Gasteiger partial charge is 0.436 e. The number of aliphatic hydroxyl groups is 1. The number of hydrogen-bond acceptors (Lipinski definition) is 7. The van der Waals surface area contributed by atoms with Crippen LogP contribution in [0.3, 0.4) is 0 Å². The molecule has 2 N–H and O–H groups in total. The van der Waals surface area contributed by atoms with Gasteiger partial charge in [0.15, 0.2) is 11.6 Å². The number of hydrogen-bond donors (Lipinski definition) is 2. The van der Waals surface area contributed by atoms with Crippen molar-refractivity contribution in [3.05, 3.63) is 88.2 Å². The molecule has 36 heavy (non-hydrogen) atoms. The number of ether oxygens (including phenoxy) is 1. The summed E-state index contributed by atoms with van der Waals surface area (Å²) in [6.07, 6.45) is 2.16. The predicted octanol–water partition coefficient (Wildman–Crippen LogP) is 5.38. The van der Waals surface area contributed by atoms with E-state index < -0.39 is 0 Å². The first-order valence-corrected chi connectivity index (χ1v) is 12.6. The van der Waals surface area contributed by atoms with Gasteiger partial charge in [-0.3, -0.25) is 9.78 Å². The summed E-state index contributed by atoms with van der Waals surface area (Å²) in [4.78, 5) is 26.7. The number of aryl methyl sites for hydroxylation is 3. The van der Waals surface area contributed by atoms with Crippen LogP contribution >= 0.6 is 11.8 Å². The maximum atomic E-state index is 12.8. The molecule has 0 saturated carbocycles. The molecule has 0 radical (unpaired) electrons. The lowest BCUT2D eigenvalue weighted by Gasteiger charge is -2.24. The molecule has 4 aromatic rings. The van der Waals surface area contributed by atoms with Crippen molar-refractivity contribution in [3.8, 4) is 23.0 Å². The molecule has 3 heterocycles. The number of rotatable bonds is 6. The van der Waals surface area contributed by atoms with E-state index >= 15 is 0 Å². The van der Waals surface area contributed by atoms with Crippen molar-refractivity contribution in [2.75, 3.05) is 11.1 Å². The molecule has 0 unspecified atom stereocenters. The van der Waals surface area contributed by atoms with Crippen LogP contribution in [0.5, 0.6) is 11.6 Å². The lowest BCUT2D eigenvalue weighted by atomic mass is 9.99. The third kappa shape index (κ3) is 4.96. The summed E-state index contributed by atoms with van der Waals surface area (Å²) in [6.45, 7) is 5.75. The summed E-state index contributed by atoms with van der Waals surface area (Å²) < 4.78 is 6.25. The van der Waals surface area contributed by atoms with Crippen LogP contribution in [0.15, 0.2) is 59.8 Å². The van der Waals surface area contributed by atoms with Crippen LogP contribution in [0.4, 0.5) is 5.69 Å². The Kier molecular flexibility index (Phi) is 6.71. The van der Waals surface area contributed by atoms with E-state index in [9.17, 15) is 9.90 Å². The Morgan fingerprint density at radius 3 is 2.61 bits per heavy atom. The van der Waals surface area contributed by atoms with Gasteiger partial charge in [-0.25, -0.2) is 4.98 Å². The first-order valence-electron chi connectivity index (χ1n) is 11.6. The van der Waals surface area contributed by atoms with Crippen LogP contribution in [0.1, 0.15) is 33.5 Å². The van der Waals surface area contributed by atoms with Gasteiger partial charge in [0.2, 0.25) is 11.8 Å². The van der Waals surface area contributed by atoms with Gasteiger partial charge < -0.3 is 15.2 Å². The minimum atomic E-state index is -0.141. The summed E-state index contributed by atoms with van der Waals surface area (Å²) >= 11 is 1.35. The van der Waals surface area contributed by atoms with E-state index in [1.54, 1.807) is 6.20 Å². The van der Waals surface area contributed by atoms with Crippen molar-refractivity contribution >= 4 is 23.4 Å². The molecular weight excluding hydrogens is 472 g/mol. The summed E-state index contributed by atoms with van der Waals surface area (Å²) in [6, 6.07) is 15.7. The van der Waals surface area contributed by atoms with Gasteiger partial charge in [0.1, 0.15) is 5.03 Å². The molecule has 0 spiro atoms. The Bertz CT molecular complexity index is 1450. The lowest BCUT2D eigenvalue weighted by Crippen LogP contribution is -2.16. The van der Waals surface area contributed by atoms with E-state index in [0.717, 1.165) is 39.2 Å². The predicted molar refractivity (Wildman–Crippen MR) is 141 cm³/mol. The van der Waals surface area contributed by atoms with Crippen molar-refractivity contribution in [2.45, 2.75) is 38.8 Å². The zero-order valence-electron chi connectivity index (χ0n) is 20.3. The van der Waals surface area contributed by atoms with E-state index in [1.807, 2.05) is 69.3 Å². The molecule has 0 bridgehead atoms. The Morgan fingerprint density at radius 2 is 1.86 bits per heavy atom. The zero-order valence-corrected chi connectivity index (χ0v) is 21.1. The maximum absolute atomic E-state index is 12.8. The fourth-order valence-corrected chi connectivity index (χ4v) is 4.92. The highest BCUT2D eigenvalue weighted by atomic mass is 32.2. The number of pyridine rings is 1. The molecular formula is C28H26N4O3S. The Morgan fingerprint density at radius 1 is 1.06 bits per heavy atom. The van der Waals surface area contributed by atoms with Crippen molar-refractivity contribution in [1.29, 1.82) is 0 Å². The zero-order chi connectivity index (χ0) is 25.2. The molecule has 8 heteroatoms. The van der Waals surface area contributed by atoms with E-state index in [0.29, 0.717) is 34.5 Å². The molecule has 0 fully saturated rings. The number of amides is 1. The van der Waals surface area contributed by atoms with Gasteiger partial charge in [0.05, 0.1) is 23.6 Å².